The van der Waals surface area contributed by atoms with Crippen molar-refractivity contribution in [3.05, 3.63) is 52.6 Å². The first-order valence-corrected chi connectivity index (χ1v) is 4.46. The van der Waals surface area contributed by atoms with Gasteiger partial charge in [0.1, 0.15) is 0 Å². The minimum Gasteiger partial charge on any atom is -0.297 e. The number of non-ortho nitro benzene ring substituents is 1. The van der Waals surface area contributed by atoms with Crippen LogP contribution in [-0.4, -0.2) is 20.8 Å². The maximum absolute atomic E-state index is 10.7. The number of aldehydes is 1. The Morgan fingerprint density at radius 3 is 2.94 bits per heavy atom. The average Bonchev–Trinajstić information content (AvgIpc) is 2.77. The van der Waals surface area contributed by atoms with Gasteiger partial charge in [-0.15, -0.1) is 0 Å². The maximum atomic E-state index is 10.7. The molecule has 1 aromatic heterocycles. The highest BCUT2D eigenvalue weighted by atomic mass is 16.6. The van der Waals surface area contributed by atoms with E-state index in [0.717, 1.165) is 0 Å². The molecule has 0 aliphatic carbocycles. The maximum Gasteiger partial charge on any atom is 0.271 e. The molecule has 0 unspecified atom stereocenters. The van der Waals surface area contributed by atoms with E-state index in [1.54, 1.807) is 18.3 Å². The molecule has 0 amide bonds. The van der Waals surface area contributed by atoms with E-state index in [9.17, 15) is 14.9 Å². The van der Waals surface area contributed by atoms with Crippen LogP contribution in [0.3, 0.4) is 0 Å². The second kappa shape index (κ2) is 3.93. The van der Waals surface area contributed by atoms with Gasteiger partial charge in [0.05, 0.1) is 10.6 Å². The van der Waals surface area contributed by atoms with Crippen LogP contribution in [0.2, 0.25) is 0 Å². The summed E-state index contributed by atoms with van der Waals surface area (Å²) >= 11 is 0. The molecule has 6 heteroatoms. The van der Waals surface area contributed by atoms with Crippen molar-refractivity contribution < 1.29 is 9.72 Å². The predicted octanol–water partition coefficient (Wildman–Crippen LogP) is 1.59. The number of aromatic nitrogens is 2. The van der Waals surface area contributed by atoms with Crippen molar-refractivity contribution in [2.75, 3.05) is 0 Å². The summed E-state index contributed by atoms with van der Waals surface area (Å²) in [4.78, 5) is 24.6. The Hall–Kier alpha value is -2.50. The summed E-state index contributed by atoms with van der Waals surface area (Å²) in [5.41, 5.74) is 0.511. The molecular weight excluding hydrogens is 210 g/mol. The summed E-state index contributed by atoms with van der Waals surface area (Å²) in [5.74, 6) is 0.209. The molecule has 1 heterocycles. The molecule has 0 fully saturated rings. The number of carbonyl (C=O) groups excluding carboxylic acids is 1. The Morgan fingerprint density at radius 2 is 2.25 bits per heavy atom. The number of benzene rings is 1. The van der Waals surface area contributed by atoms with Crippen molar-refractivity contribution in [3.8, 4) is 5.69 Å². The van der Waals surface area contributed by atoms with Gasteiger partial charge in [0.15, 0.2) is 12.1 Å². The van der Waals surface area contributed by atoms with E-state index in [4.69, 9.17) is 0 Å². The lowest BCUT2D eigenvalue weighted by Gasteiger charge is -2.03. The third kappa shape index (κ3) is 1.68. The number of carbonyl (C=O) groups is 1. The Labute approximate surface area is 90.3 Å². The van der Waals surface area contributed by atoms with E-state index in [1.807, 2.05) is 0 Å². The number of imidazole rings is 1. The van der Waals surface area contributed by atoms with Crippen molar-refractivity contribution in [1.82, 2.24) is 9.55 Å². The molecule has 0 saturated heterocycles. The van der Waals surface area contributed by atoms with Gasteiger partial charge in [0.25, 0.3) is 5.69 Å². The smallest absolute Gasteiger partial charge is 0.271 e. The van der Waals surface area contributed by atoms with Gasteiger partial charge in [-0.3, -0.25) is 19.5 Å². The molecule has 0 radical (unpaired) electrons. The molecule has 0 aliphatic rings. The normalized spacial score (nSPS) is 10.0. The van der Waals surface area contributed by atoms with Gasteiger partial charge in [-0.2, -0.15) is 0 Å². The van der Waals surface area contributed by atoms with E-state index >= 15 is 0 Å². The fourth-order valence-corrected chi connectivity index (χ4v) is 1.38. The molecular formula is C10H7N3O3. The largest absolute Gasteiger partial charge is 0.297 e. The minimum absolute atomic E-state index is 0.0250. The summed E-state index contributed by atoms with van der Waals surface area (Å²) < 4.78 is 1.49. The van der Waals surface area contributed by atoms with E-state index < -0.39 is 4.92 Å². The zero-order valence-electron chi connectivity index (χ0n) is 8.11. The topological polar surface area (TPSA) is 78.0 Å². The van der Waals surface area contributed by atoms with E-state index in [-0.39, 0.29) is 11.5 Å². The monoisotopic (exact) mass is 217 g/mol. The summed E-state index contributed by atoms with van der Waals surface area (Å²) in [6.07, 6.45) is 3.63. The van der Waals surface area contributed by atoms with Gasteiger partial charge < -0.3 is 0 Å². The molecule has 0 atom stereocenters. The van der Waals surface area contributed by atoms with Crippen LogP contribution in [0, 0.1) is 10.1 Å². The lowest BCUT2D eigenvalue weighted by molar-refractivity contribution is -0.384. The first-order valence-electron chi connectivity index (χ1n) is 4.46. The third-order valence-electron chi connectivity index (χ3n) is 2.09. The third-order valence-corrected chi connectivity index (χ3v) is 2.09. The van der Waals surface area contributed by atoms with Crippen LogP contribution >= 0.6 is 0 Å². The lowest BCUT2D eigenvalue weighted by Crippen LogP contribution is -1.99. The Balaban J connectivity index is 2.52. The lowest BCUT2D eigenvalue weighted by atomic mass is 10.3. The fourth-order valence-electron chi connectivity index (χ4n) is 1.38. The molecule has 0 saturated carbocycles. The first kappa shape index (κ1) is 10.0. The van der Waals surface area contributed by atoms with Crippen molar-refractivity contribution in [1.29, 1.82) is 0 Å². The van der Waals surface area contributed by atoms with Crippen molar-refractivity contribution in [2.45, 2.75) is 0 Å². The fraction of sp³-hybridized carbons (Fsp3) is 0. The van der Waals surface area contributed by atoms with Crippen LogP contribution in [0.25, 0.3) is 5.69 Å². The molecule has 80 valence electrons. The summed E-state index contributed by atoms with van der Waals surface area (Å²) in [7, 11) is 0. The Kier molecular flexibility index (Phi) is 2.47. The number of hydrogen-bond donors (Lipinski definition) is 0. The molecule has 2 rings (SSSR count). The first-order chi connectivity index (χ1) is 7.72. The number of rotatable bonds is 3. The van der Waals surface area contributed by atoms with E-state index in [2.05, 4.69) is 4.98 Å². The van der Waals surface area contributed by atoms with Crippen LogP contribution in [0.15, 0.2) is 36.7 Å². The van der Waals surface area contributed by atoms with Gasteiger partial charge in [-0.05, 0) is 6.07 Å². The molecule has 16 heavy (non-hydrogen) atoms. The van der Waals surface area contributed by atoms with Gasteiger partial charge in [-0.25, -0.2) is 4.98 Å². The Morgan fingerprint density at radius 1 is 1.44 bits per heavy atom. The highest BCUT2D eigenvalue weighted by molar-refractivity contribution is 5.70. The van der Waals surface area contributed by atoms with Gasteiger partial charge >= 0.3 is 0 Å². The predicted molar refractivity (Wildman–Crippen MR) is 55.6 cm³/mol. The summed E-state index contributed by atoms with van der Waals surface area (Å²) in [6.45, 7) is 0. The molecule has 6 nitrogen and oxygen atoms in total. The zero-order valence-corrected chi connectivity index (χ0v) is 8.11. The second-order valence-electron chi connectivity index (χ2n) is 3.05. The molecule has 0 N–H and O–H groups in total. The van der Waals surface area contributed by atoms with Gasteiger partial charge in [-0.1, -0.05) is 6.07 Å². The molecule has 0 aliphatic heterocycles. The molecule has 2 aromatic rings. The SMILES string of the molecule is O=Cc1nccn1-c1cccc([N+](=O)[O-])c1. The number of nitro groups is 1. The van der Waals surface area contributed by atoms with Gasteiger partial charge in [0, 0.05) is 24.5 Å². The van der Waals surface area contributed by atoms with Crippen LogP contribution in [-0.2, 0) is 0 Å². The zero-order chi connectivity index (χ0) is 11.5. The van der Waals surface area contributed by atoms with Crippen molar-refractivity contribution >= 4 is 12.0 Å². The molecule has 1 aromatic carbocycles. The number of hydrogen-bond acceptors (Lipinski definition) is 4. The highest BCUT2D eigenvalue weighted by Gasteiger charge is 2.09. The Bertz CT molecular complexity index is 548. The molecule has 0 bridgehead atoms. The second-order valence-corrected chi connectivity index (χ2v) is 3.05. The molecule has 0 spiro atoms. The van der Waals surface area contributed by atoms with Gasteiger partial charge in [0.2, 0.25) is 0 Å². The van der Waals surface area contributed by atoms with E-state index in [0.29, 0.717) is 12.0 Å². The number of nitro benzene ring substituents is 1. The average molecular weight is 217 g/mol. The van der Waals surface area contributed by atoms with E-state index in [1.165, 1.54) is 22.9 Å². The van der Waals surface area contributed by atoms with Crippen LogP contribution < -0.4 is 0 Å². The summed E-state index contributed by atoms with van der Waals surface area (Å²) in [6, 6.07) is 6.00. The highest BCUT2D eigenvalue weighted by Crippen LogP contribution is 2.17. The van der Waals surface area contributed by atoms with Crippen LogP contribution in [0.1, 0.15) is 10.6 Å². The minimum atomic E-state index is -0.485. The quantitative estimate of drug-likeness (QED) is 0.444. The standard InChI is InChI=1S/C10H7N3O3/c14-7-10-11-4-5-12(10)8-2-1-3-9(6-8)13(15)16/h1-7H. The summed E-state index contributed by atoms with van der Waals surface area (Å²) in [5, 5.41) is 10.6. The van der Waals surface area contributed by atoms with Crippen LogP contribution in [0.4, 0.5) is 5.69 Å². The number of nitrogens with zero attached hydrogens (tertiary/aromatic N) is 3. The van der Waals surface area contributed by atoms with Crippen LogP contribution in [0.5, 0.6) is 0 Å². The van der Waals surface area contributed by atoms with Crippen molar-refractivity contribution in [2.24, 2.45) is 0 Å². The van der Waals surface area contributed by atoms with Crippen molar-refractivity contribution in [3.63, 3.8) is 0 Å².